The van der Waals surface area contributed by atoms with Crippen molar-refractivity contribution in [3.05, 3.63) is 0 Å². The fourth-order valence-corrected chi connectivity index (χ4v) is 0. The summed E-state index contributed by atoms with van der Waals surface area (Å²) in [6.45, 7) is 0. The van der Waals surface area contributed by atoms with Gasteiger partial charge < -0.3 is 0 Å². The Kier molecular flexibility index (Phi) is 1.50. The first kappa shape index (κ1) is 5.57. The third kappa shape index (κ3) is 92.9. The lowest BCUT2D eigenvalue weighted by Crippen LogP contribution is -4.23. The van der Waals surface area contributed by atoms with Crippen LogP contribution < -0.4 is 30.4 Å². The Morgan fingerprint density at radius 3 is 1.20 bits per heavy atom. The number of halogens is 1. The van der Waals surface area contributed by atoms with Gasteiger partial charge in [0.25, 0.3) is 0 Å². The maximum atomic E-state index is 8.62. The molecule has 0 saturated carbocycles. The molecule has 0 heterocycles. The van der Waals surface area contributed by atoms with E-state index in [0.717, 1.165) is 0 Å². The normalized spacial score (nSPS) is 12.0. The van der Waals surface area contributed by atoms with E-state index in [1.165, 1.54) is 0 Å². The molecule has 0 atom stereocenters. The highest BCUT2D eigenvalue weighted by Crippen LogP contribution is 0.480. The lowest BCUT2D eigenvalue weighted by atomic mass is 16.0. The van der Waals surface area contributed by atoms with Gasteiger partial charge in [-0.2, -0.15) is 0 Å². The van der Waals surface area contributed by atoms with E-state index < -0.39 is 20.1 Å². The van der Waals surface area contributed by atoms with Crippen molar-refractivity contribution in [2.24, 2.45) is 0 Å². The molecular formula is IO4. The maximum absolute atomic E-state index is 8.62. The first-order chi connectivity index (χ1) is 2.00. The predicted octanol–water partition coefficient (Wildman–Crippen LogP) is -6.68. The van der Waals surface area contributed by atoms with Crippen LogP contribution in [-0.4, -0.2) is 0 Å². The van der Waals surface area contributed by atoms with Gasteiger partial charge in [-0.1, -0.05) is 0 Å². The molecule has 0 unspecified atom stereocenters. The Bertz CT molecular complexity index is 19.1. The van der Waals surface area contributed by atoms with Gasteiger partial charge in [-0.25, -0.2) is 0 Å². The molecule has 0 aliphatic heterocycles. The molecule has 0 amide bonds. The molecule has 0 spiro atoms. The standard InChI is InChI=1S/IO4/c2-1(3,4)5. The molecular weight excluding hydrogens is 191 g/mol. The van der Waals surface area contributed by atoms with Gasteiger partial charge in [0, 0.05) is 0 Å². The second-order valence-corrected chi connectivity index (χ2v) is 2.54. The van der Waals surface area contributed by atoms with E-state index in [0.29, 0.717) is 0 Å². The fourth-order valence-electron chi connectivity index (χ4n) is 0. The Balaban J connectivity index is 3.02. The topological polar surface area (TPSA) is 89.1 Å². The van der Waals surface area contributed by atoms with Crippen molar-refractivity contribution >= 4 is 0 Å². The van der Waals surface area contributed by atoms with Gasteiger partial charge in [0.2, 0.25) is 0 Å². The number of hydrogen-bond acceptors (Lipinski definition) is 3. The summed E-state index contributed by atoms with van der Waals surface area (Å²) in [5.74, 6) is 0. The molecule has 0 rings (SSSR count). The van der Waals surface area contributed by atoms with Gasteiger partial charge in [-0.05, 0) is 0 Å². The Hall–Kier alpha value is 0.570. The Morgan fingerprint density at radius 2 is 1.20 bits per heavy atom. The van der Waals surface area contributed by atoms with Crippen LogP contribution in [0.2, 0.25) is 0 Å². The van der Waals surface area contributed by atoms with Crippen LogP contribution in [0.15, 0.2) is 0 Å². The summed E-state index contributed by atoms with van der Waals surface area (Å²) >= 11 is -5.94. The third-order valence-electron chi connectivity index (χ3n) is 0. The van der Waals surface area contributed by atoms with E-state index in [1.54, 1.807) is 0 Å². The van der Waals surface area contributed by atoms with Gasteiger partial charge in [0.15, 0.2) is 0 Å². The molecule has 5 heteroatoms. The first-order valence-electron chi connectivity index (χ1n) is 0.617. The molecule has 0 N–H and O–H groups in total. The summed E-state index contributed by atoms with van der Waals surface area (Å²) in [5, 5.41) is 0. The molecule has 4 nitrogen and oxygen atoms in total. The van der Waals surface area contributed by atoms with E-state index in [4.69, 9.17) is 13.7 Å². The summed E-state index contributed by atoms with van der Waals surface area (Å²) in [7, 11) is 0. The van der Waals surface area contributed by atoms with Crippen molar-refractivity contribution in [2.45, 2.75) is 0 Å². The summed E-state index contributed by atoms with van der Waals surface area (Å²) in [4.78, 5) is 0. The number of hydrogen-bond donors (Lipinski definition) is 0. The zero-order chi connectivity index (χ0) is 4.50. The van der Waals surface area contributed by atoms with Crippen molar-refractivity contribution in [1.29, 1.82) is 0 Å². The summed E-state index contributed by atoms with van der Waals surface area (Å²) in [6.07, 6.45) is 0. The molecule has 0 aliphatic carbocycles. The molecule has 0 aromatic rings. The zero-order valence-electron chi connectivity index (χ0n) is 2.01. The van der Waals surface area contributed by atoms with Crippen LogP contribution >= 0.6 is 0 Å². The van der Waals surface area contributed by atoms with Crippen molar-refractivity contribution in [2.75, 3.05) is 0 Å². The van der Waals surface area contributed by atoms with Crippen LogP contribution in [0.5, 0.6) is 0 Å². The molecule has 0 bridgehead atoms. The van der Waals surface area contributed by atoms with Gasteiger partial charge in [-0.15, -0.1) is 0 Å². The molecule has 31 valence electrons. The number of rotatable bonds is 0. The molecule has 0 aliphatic rings. The van der Waals surface area contributed by atoms with E-state index >= 15 is 0 Å². The van der Waals surface area contributed by atoms with Crippen LogP contribution in [0, 0.1) is 0 Å². The van der Waals surface area contributed by atoms with E-state index in [1.807, 2.05) is 0 Å². The highest BCUT2D eigenvalue weighted by Gasteiger charge is 2.20. The molecule has 0 fully saturated rings. The van der Waals surface area contributed by atoms with Crippen LogP contribution in [0.1, 0.15) is 0 Å². The summed E-state index contributed by atoms with van der Waals surface area (Å²) in [6, 6.07) is 0. The minimum Gasteiger partial charge on any atom is -0.252 e. The van der Waals surface area contributed by atoms with Crippen molar-refractivity contribution in [1.82, 2.24) is 0 Å². The Morgan fingerprint density at radius 1 is 1.20 bits per heavy atom. The smallest absolute Gasteiger partial charge is 0.252 e. The third-order valence-corrected chi connectivity index (χ3v) is 0. The largest absolute Gasteiger partial charge is 0.437 e. The van der Waals surface area contributed by atoms with E-state index in [-0.39, 0.29) is 0 Å². The van der Waals surface area contributed by atoms with Crippen LogP contribution in [-0.2, 0) is 3.44 Å². The van der Waals surface area contributed by atoms with Crippen LogP contribution in [0.25, 0.3) is 0 Å². The van der Waals surface area contributed by atoms with Crippen molar-refractivity contribution in [3.63, 3.8) is 0 Å². The van der Waals surface area contributed by atoms with Crippen LogP contribution in [0.4, 0.5) is 0 Å². The van der Waals surface area contributed by atoms with Gasteiger partial charge in [0.05, 0.1) is 0 Å². The molecule has 0 aromatic carbocycles. The average molecular weight is 191 g/mol. The summed E-state index contributed by atoms with van der Waals surface area (Å²) < 4.78 is 34.5. The maximum Gasteiger partial charge on any atom is 0.437 e. The minimum atomic E-state index is -5.94. The lowest BCUT2D eigenvalue weighted by molar-refractivity contribution is -1.93. The van der Waals surface area contributed by atoms with E-state index in [9.17, 15) is 0 Å². The molecule has 5 heavy (non-hydrogen) atoms. The first-order valence-corrected chi connectivity index (χ1v) is 4.14. The van der Waals surface area contributed by atoms with Gasteiger partial charge >= 0.3 is 23.5 Å². The van der Waals surface area contributed by atoms with Crippen LogP contribution in [0.3, 0.4) is 0 Å². The van der Waals surface area contributed by atoms with Gasteiger partial charge in [0.1, 0.15) is 0 Å². The zero-order valence-corrected chi connectivity index (χ0v) is 4.17. The second-order valence-electron chi connectivity index (χ2n) is 0.378. The average Bonchev–Trinajstić information content (AvgIpc) is 0.722. The molecule has 0 saturated heterocycles. The minimum absolute atomic E-state index is 5.94. The monoisotopic (exact) mass is 191 g/mol. The predicted molar refractivity (Wildman–Crippen MR) is 0.686 cm³/mol. The van der Waals surface area contributed by atoms with E-state index in [2.05, 4.69) is 0 Å². The SMILES string of the molecule is [O][I+3]([O-])([O-])[O-]. The van der Waals surface area contributed by atoms with Crippen molar-refractivity contribution in [3.8, 4) is 0 Å². The Labute approximate surface area is 34.4 Å². The molecule has 0 aromatic heterocycles. The highest BCUT2D eigenvalue weighted by atomic mass is 127. The van der Waals surface area contributed by atoms with Gasteiger partial charge in [-0.3, -0.25) is 10.3 Å². The molecule has 1 radical (unpaired) electrons. The fraction of sp³-hybridized carbons (Fsp3) is 0. The summed E-state index contributed by atoms with van der Waals surface area (Å²) in [5.41, 5.74) is 0. The second kappa shape index (κ2) is 1.35. The lowest BCUT2D eigenvalue weighted by Gasteiger charge is -1.87. The van der Waals surface area contributed by atoms with Crippen molar-refractivity contribution < 1.29 is 33.8 Å². The quantitative estimate of drug-likeness (QED) is 0.356. The highest BCUT2D eigenvalue weighted by molar-refractivity contribution is 2.12.